The third-order valence-corrected chi connectivity index (χ3v) is 5.36. The molecule has 4 nitrogen and oxygen atoms in total. The summed E-state index contributed by atoms with van der Waals surface area (Å²) in [7, 11) is 3.73. The molecule has 0 N–H and O–H groups in total. The van der Waals surface area contributed by atoms with Gasteiger partial charge in [0.05, 0.1) is 18.9 Å². The molecule has 0 amide bonds. The average molecular weight is 386 g/mol. The predicted molar refractivity (Wildman–Crippen MR) is 117 cm³/mol. The highest BCUT2D eigenvalue weighted by atomic mass is 16.5. The largest absolute Gasteiger partial charge is 0.496 e. The summed E-state index contributed by atoms with van der Waals surface area (Å²) in [4.78, 5) is 0. The maximum atomic E-state index is 6.10. The molecule has 0 aromatic heterocycles. The van der Waals surface area contributed by atoms with E-state index in [9.17, 15) is 0 Å². The van der Waals surface area contributed by atoms with E-state index in [0.29, 0.717) is 6.61 Å². The van der Waals surface area contributed by atoms with E-state index in [2.05, 4.69) is 36.4 Å². The minimum atomic E-state index is 0.210. The number of hydrazone groups is 1. The normalized spacial score (nSPS) is 15.9. The molecule has 29 heavy (non-hydrogen) atoms. The summed E-state index contributed by atoms with van der Waals surface area (Å²) >= 11 is 0. The Morgan fingerprint density at radius 2 is 1.79 bits per heavy atom. The van der Waals surface area contributed by atoms with Crippen molar-refractivity contribution >= 4 is 5.71 Å². The second-order valence-electron chi connectivity index (χ2n) is 7.33. The molecule has 0 fully saturated rings. The van der Waals surface area contributed by atoms with E-state index in [-0.39, 0.29) is 6.04 Å². The van der Waals surface area contributed by atoms with Crippen LogP contribution in [0.1, 0.15) is 34.7 Å². The van der Waals surface area contributed by atoms with Crippen molar-refractivity contribution in [2.45, 2.75) is 26.0 Å². The quantitative estimate of drug-likeness (QED) is 0.572. The molecular formula is C25H26N2O2. The van der Waals surface area contributed by atoms with E-state index in [1.165, 1.54) is 11.1 Å². The molecular weight excluding hydrogens is 360 g/mol. The Balaban J connectivity index is 1.48. The molecule has 4 rings (SSSR count). The molecule has 0 bridgehead atoms. The number of aryl methyl sites for hydroxylation is 1. The molecule has 4 heteroatoms. The lowest BCUT2D eigenvalue weighted by Gasteiger charge is -2.20. The Labute approximate surface area is 172 Å². The second-order valence-corrected chi connectivity index (χ2v) is 7.33. The second kappa shape index (κ2) is 8.39. The fraction of sp³-hybridized carbons (Fsp3) is 0.240. The third kappa shape index (κ3) is 4.11. The molecule has 3 aromatic rings. The summed E-state index contributed by atoms with van der Waals surface area (Å²) in [6, 6.07) is 25.0. The van der Waals surface area contributed by atoms with Gasteiger partial charge in [0.25, 0.3) is 0 Å². The molecule has 148 valence electrons. The van der Waals surface area contributed by atoms with Gasteiger partial charge in [0, 0.05) is 19.0 Å². The van der Waals surface area contributed by atoms with E-state index in [1.54, 1.807) is 7.11 Å². The van der Waals surface area contributed by atoms with Crippen LogP contribution in [0.5, 0.6) is 11.5 Å². The van der Waals surface area contributed by atoms with Crippen molar-refractivity contribution in [2.75, 3.05) is 14.2 Å². The summed E-state index contributed by atoms with van der Waals surface area (Å²) in [6.07, 6.45) is 0.885. The summed E-state index contributed by atoms with van der Waals surface area (Å²) in [6.45, 7) is 2.52. The Kier molecular flexibility index (Phi) is 5.52. The van der Waals surface area contributed by atoms with Gasteiger partial charge in [-0.05, 0) is 35.7 Å². The van der Waals surface area contributed by atoms with Crippen molar-refractivity contribution in [1.29, 1.82) is 0 Å². The van der Waals surface area contributed by atoms with Gasteiger partial charge in [-0.1, -0.05) is 60.7 Å². The number of methoxy groups -OCH3 is 1. The lowest BCUT2D eigenvalue weighted by Crippen LogP contribution is -2.14. The van der Waals surface area contributed by atoms with Crippen molar-refractivity contribution in [1.82, 2.24) is 5.01 Å². The van der Waals surface area contributed by atoms with Crippen LogP contribution >= 0.6 is 0 Å². The van der Waals surface area contributed by atoms with Gasteiger partial charge < -0.3 is 9.47 Å². The smallest absolute Gasteiger partial charge is 0.128 e. The lowest BCUT2D eigenvalue weighted by atomic mass is 9.98. The zero-order chi connectivity index (χ0) is 20.2. The van der Waals surface area contributed by atoms with Crippen molar-refractivity contribution in [3.05, 3.63) is 95.1 Å². The number of ether oxygens (including phenoxy) is 2. The summed E-state index contributed by atoms with van der Waals surface area (Å²) in [5.74, 6) is 1.74. The van der Waals surface area contributed by atoms with E-state index < -0.39 is 0 Å². The predicted octanol–water partition coefficient (Wildman–Crippen LogP) is 5.36. The van der Waals surface area contributed by atoms with Crippen LogP contribution in [-0.2, 0) is 6.61 Å². The third-order valence-electron chi connectivity index (χ3n) is 5.36. The topological polar surface area (TPSA) is 34.1 Å². The van der Waals surface area contributed by atoms with Gasteiger partial charge in [-0.25, -0.2) is 0 Å². The van der Waals surface area contributed by atoms with Crippen LogP contribution in [0.25, 0.3) is 0 Å². The zero-order valence-electron chi connectivity index (χ0n) is 17.1. The van der Waals surface area contributed by atoms with Crippen LogP contribution in [0, 0.1) is 6.92 Å². The summed E-state index contributed by atoms with van der Waals surface area (Å²) < 4.78 is 11.6. The molecule has 0 radical (unpaired) electrons. The van der Waals surface area contributed by atoms with Crippen LogP contribution in [0.3, 0.4) is 0 Å². The van der Waals surface area contributed by atoms with Gasteiger partial charge >= 0.3 is 0 Å². The number of rotatable bonds is 6. The SMILES string of the molecule is COc1c(C)cccc1COc1cccc(C2CC(c3ccccc3)=NN2C)c1. The highest BCUT2D eigenvalue weighted by Crippen LogP contribution is 2.33. The van der Waals surface area contributed by atoms with Gasteiger partial charge in [0.15, 0.2) is 0 Å². The average Bonchev–Trinajstić information content (AvgIpc) is 3.15. The molecule has 0 saturated carbocycles. The van der Waals surface area contributed by atoms with Gasteiger partial charge in [0.2, 0.25) is 0 Å². The van der Waals surface area contributed by atoms with Crippen LogP contribution in [0.4, 0.5) is 0 Å². The van der Waals surface area contributed by atoms with E-state index in [4.69, 9.17) is 14.6 Å². The highest BCUT2D eigenvalue weighted by Gasteiger charge is 2.26. The molecule has 1 atom stereocenters. The molecule has 1 heterocycles. The van der Waals surface area contributed by atoms with Crippen LogP contribution < -0.4 is 9.47 Å². The van der Waals surface area contributed by atoms with E-state index >= 15 is 0 Å². The van der Waals surface area contributed by atoms with Crippen LogP contribution in [-0.4, -0.2) is 24.9 Å². The Hall–Kier alpha value is -3.27. The zero-order valence-corrected chi connectivity index (χ0v) is 17.1. The molecule has 0 spiro atoms. The van der Waals surface area contributed by atoms with Gasteiger partial charge in [-0.3, -0.25) is 5.01 Å². The molecule has 1 unspecified atom stereocenters. The minimum Gasteiger partial charge on any atom is -0.496 e. The van der Waals surface area contributed by atoms with Crippen molar-refractivity contribution in [3.8, 4) is 11.5 Å². The van der Waals surface area contributed by atoms with E-state index in [1.807, 2.05) is 55.4 Å². The molecule has 3 aromatic carbocycles. The highest BCUT2D eigenvalue weighted by molar-refractivity contribution is 6.01. The molecule has 1 aliphatic rings. The standard InChI is InChI=1S/C25H26N2O2/c1-18-9-7-13-21(25(18)28-3)17-29-22-14-8-12-20(15-22)24-16-23(26-27(24)2)19-10-5-4-6-11-19/h4-15,24H,16-17H2,1-3H3. The number of nitrogens with zero attached hydrogens (tertiary/aromatic N) is 2. The lowest BCUT2D eigenvalue weighted by molar-refractivity contribution is 0.282. The number of hydrogen-bond donors (Lipinski definition) is 0. The van der Waals surface area contributed by atoms with Gasteiger partial charge in [-0.15, -0.1) is 0 Å². The molecule has 0 aliphatic carbocycles. The number of para-hydroxylation sites is 1. The molecule has 1 aliphatic heterocycles. The fourth-order valence-electron chi connectivity index (χ4n) is 3.85. The Morgan fingerprint density at radius 3 is 2.59 bits per heavy atom. The number of benzene rings is 3. The first-order valence-corrected chi connectivity index (χ1v) is 9.86. The maximum Gasteiger partial charge on any atom is 0.128 e. The van der Waals surface area contributed by atoms with Gasteiger partial charge in [0.1, 0.15) is 18.1 Å². The maximum absolute atomic E-state index is 6.10. The Morgan fingerprint density at radius 1 is 1.00 bits per heavy atom. The van der Waals surface area contributed by atoms with Crippen LogP contribution in [0.2, 0.25) is 0 Å². The van der Waals surface area contributed by atoms with Crippen molar-refractivity contribution in [2.24, 2.45) is 5.10 Å². The summed E-state index contributed by atoms with van der Waals surface area (Å²) in [5.41, 5.74) is 5.66. The monoisotopic (exact) mass is 386 g/mol. The summed E-state index contributed by atoms with van der Waals surface area (Å²) in [5, 5.41) is 6.81. The fourth-order valence-corrected chi connectivity index (χ4v) is 3.85. The first-order chi connectivity index (χ1) is 14.2. The van der Waals surface area contributed by atoms with E-state index in [0.717, 1.165) is 34.8 Å². The first kappa shape index (κ1) is 19.1. The van der Waals surface area contributed by atoms with Crippen LogP contribution in [0.15, 0.2) is 77.9 Å². The van der Waals surface area contributed by atoms with Crippen molar-refractivity contribution in [3.63, 3.8) is 0 Å². The first-order valence-electron chi connectivity index (χ1n) is 9.86. The Bertz CT molecular complexity index is 1010. The minimum absolute atomic E-state index is 0.210. The molecule has 0 saturated heterocycles. The van der Waals surface area contributed by atoms with Gasteiger partial charge in [-0.2, -0.15) is 5.10 Å². The number of hydrogen-bond acceptors (Lipinski definition) is 4. The van der Waals surface area contributed by atoms with Crippen molar-refractivity contribution < 1.29 is 9.47 Å².